The molecule has 1 aromatic carbocycles. The fraction of sp³-hybridized carbons (Fsp3) is 0.154. The molecule has 0 atom stereocenters. The summed E-state index contributed by atoms with van der Waals surface area (Å²) in [5.74, 6) is 1.62. The van der Waals surface area contributed by atoms with Gasteiger partial charge in [-0.3, -0.25) is 0 Å². The second kappa shape index (κ2) is 5.23. The first kappa shape index (κ1) is 12.6. The molecule has 2 aromatic rings. The summed E-state index contributed by atoms with van der Waals surface area (Å²) in [5, 5.41) is 8.82. The monoisotopic (exact) mass is 256 g/mol. The second-order valence-electron chi connectivity index (χ2n) is 3.64. The summed E-state index contributed by atoms with van der Waals surface area (Å²) in [7, 11) is 3.09. The van der Waals surface area contributed by atoms with Crippen LogP contribution < -0.4 is 15.2 Å². The first-order chi connectivity index (χ1) is 9.21. The average Bonchev–Trinajstić information content (AvgIpc) is 2.46. The van der Waals surface area contributed by atoms with Gasteiger partial charge in [-0.15, -0.1) is 0 Å². The van der Waals surface area contributed by atoms with Gasteiger partial charge >= 0.3 is 0 Å². The Hall–Kier alpha value is -2.81. The van der Waals surface area contributed by atoms with E-state index >= 15 is 0 Å². The number of nitrogens with zero attached hydrogens (tertiary/aromatic N) is 3. The SMILES string of the molecule is COc1cccc(OC)c1-c1ncc(C#N)c(N)n1. The number of rotatable bonds is 3. The van der Waals surface area contributed by atoms with Crippen LogP contribution in [0.2, 0.25) is 0 Å². The molecule has 0 saturated carbocycles. The topological polar surface area (TPSA) is 94.0 Å². The van der Waals surface area contributed by atoms with Gasteiger partial charge in [-0.25, -0.2) is 9.97 Å². The number of methoxy groups -OCH3 is 2. The third kappa shape index (κ3) is 2.26. The number of ether oxygens (including phenoxy) is 2. The molecule has 0 fully saturated rings. The first-order valence-corrected chi connectivity index (χ1v) is 5.45. The highest BCUT2D eigenvalue weighted by molar-refractivity contribution is 5.73. The van der Waals surface area contributed by atoms with Crippen molar-refractivity contribution >= 4 is 5.82 Å². The zero-order chi connectivity index (χ0) is 13.8. The molecule has 0 saturated heterocycles. The molecule has 0 radical (unpaired) electrons. The van der Waals surface area contributed by atoms with Crippen LogP contribution in [0.4, 0.5) is 5.82 Å². The summed E-state index contributed by atoms with van der Waals surface area (Å²) in [6, 6.07) is 7.27. The van der Waals surface area contributed by atoms with Crippen molar-refractivity contribution in [2.45, 2.75) is 0 Å². The fourth-order valence-corrected chi connectivity index (χ4v) is 1.67. The van der Waals surface area contributed by atoms with E-state index in [0.717, 1.165) is 0 Å². The summed E-state index contributed by atoms with van der Waals surface area (Å²) in [4.78, 5) is 8.24. The molecular weight excluding hydrogens is 244 g/mol. The molecule has 6 nitrogen and oxygen atoms in total. The fourth-order valence-electron chi connectivity index (χ4n) is 1.67. The van der Waals surface area contributed by atoms with E-state index in [1.165, 1.54) is 6.20 Å². The predicted octanol–water partition coefficient (Wildman–Crippen LogP) is 1.61. The van der Waals surface area contributed by atoms with Crippen LogP contribution in [-0.2, 0) is 0 Å². The number of nitrogens with two attached hydrogens (primary N) is 1. The summed E-state index contributed by atoms with van der Waals surface area (Å²) in [6.07, 6.45) is 1.38. The molecule has 19 heavy (non-hydrogen) atoms. The molecule has 0 amide bonds. The standard InChI is InChI=1S/C13H12N4O2/c1-18-9-4-3-5-10(19-2)11(9)13-16-7-8(6-14)12(15)17-13/h3-5,7H,1-2H3,(H2,15,16,17). The van der Waals surface area contributed by atoms with Crippen LogP contribution in [-0.4, -0.2) is 24.2 Å². The lowest BCUT2D eigenvalue weighted by Crippen LogP contribution is -2.01. The smallest absolute Gasteiger partial charge is 0.169 e. The maximum atomic E-state index is 8.82. The van der Waals surface area contributed by atoms with Gasteiger partial charge in [0.2, 0.25) is 0 Å². The summed E-state index contributed by atoms with van der Waals surface area (Å²) in [5.41, 5.74) is 6.53. The van der Waals surface area contributed by atoms with Gasteiger partial charge in [0.05, 0.1) is 20.4 Å². The van der Waals surface area contributed by atoms with Crippen molar-refractivity contribution in [3.8, 4) is 29.0 Å². The lowest BCUT2D eigenvalue weighted by Gasteiger charge is -2.12. The van der Waals surface area contributed by atoms with E-state index in [4.69, 9.17) is 20.5 Å². The van der Waals surface area contributed by atoms with Crippen LogP contribution in [0.15, 0.2) is 24.4 Å². The Morgan fingerprint density at radius 1 is 1.21 bits per heavy atom. The van der Waals surface area contributed by atoms with Crippen molar-refractivity contribution in [3.63, 3.8) is 0 Å². The van der Waals surface area contributed by atoms with E-state index < -0.39 is 0 Å². The van der Waals surface area contributed by atoms with Crippen LogP contribution in [0.1, 0.15) is 5.56 Å². The van der Waals surface area contributed by atoms with E-state index in [9.17, 15) is 0 Å². The third-order valence-corrected chi connectivity index (χ3v) is 2.59. The number of aromatic nitrogens is 2. The van der Waals surface area contributed by atoms with Crippen molar-refractivity contribution < 1.29 is 9.47 Å². The van der Waals surface area contributed by atoms with Crippen molar-refractivity contribution in [1.82, 2.24) is 9.97 Å². The highest BCUT2D eigenvalue weighted by Crippen LogP contribution is 2.36. The maximum absolute atomic E-state index is 8.82. The summed E-state index contributed by atoms with van der Waals surface area (Å²) >= 11 is 0. The van der Waals surface area contributed by atoms with Gasteiger partial charge in [-0.05, 0) is 12.1 Å². The molecule has 96 valence electrons. The molecule has 0 unspecified atom stereocenters. The van der Waals surface area contributed by atoms with Crippen molar-refractivity contribution in [2.24, 2.45) is 0 Å². The number of hydrogen-bond acceptors (Lipinski definition) is 6. The average molecular weight is 256 g/mol. The van der Waals surface area contributed by atoms with Crippen LogP contribution in [0.5, 0.6) is 11.5 Å². The number of benzene rings is 1. The van der Waals surface area contributed by atoms with E-state index in [1.807, 2.05) is 6.07 Å². The molecule has 0 bridgehead atoms. The number of anilines is 1. The summed E-state index contributed by atoms with van der Waals surface area (Å²) in [6.45, 7) is 0. The molecule has 2 rings (SSSR count). The Bertz CT molecular complexity index is 627. The molecule has 0 spiro atoms. The highest BCUT2D eigenvalue weighted by atomic mass is 16.5. The molecule has 6 heteroatoms. The normalized spacial score (nSPS) is 9.74. The largest absolute Gasteiger partial charge is 0.496 e. The lowest BCUT2D eigenvalue weighted by molar-refractivity contribution is 0.397. The third-order valence-electron chi connectivity index (χ3n) is 2.59. The van der Waals surface area contributed by atoms with Crippen molar-refractivity contribution in [2.75, 3.05) is 20.0 Å². The minimum atomic E-state index is 0.125. The van der Waals surface area contributed by atoms with Gasteiger partial charge in [0.1, 0.15) is 34.5 Å². The molecule has 1 heterocycles. The molecular formula is C13H12N4O2. The van der Waals surface area contributed by atoms with Gasteiger partial charge < -0.3 is 15.2 Å². The molecule has 0 aliphatic heterocycles. The molecule has 0 aliphatic carbocycles. The second-order valence-corrected chi connectivity index (χ2v) is 3.64. The predicted molar refractivity (Wildman–Crippen MR) is 69.7 cm³/mol. The van der Waals surface area contributed by atoms with Crippen LogP contribution in [0.3, 0.4) is 0 Å². The van der Waals surface area contributed by atoms with E-state index in [-0.39, 0.29) is 11.4 Å². The van der Waals surface area contributed by atoms with Crippen molar-refractivity contribution in [1.29, 1.82) is 5.26 Å². The lowest BCUT2D eigenvalue weighted by atomic mass is 10.1. The van der Waals surface area contributed by atoms with Gasteiger partial charge in [-0.1, -0.05) is 6.07 Å². The van der Waals surface area contributed by atoms with Gasteiger partial charge in [0.15, 0.2) is 5.82 Å². The Morgan fingerprint density at radius 3 is 2.32 bits per heavy atom. The Morgan fingerprint density at radius 2 is 1.84 bits per heavy atom. The molecule has 2 N–H and O–H groups in total. The Labute approximate surface area is 110 Å². The van der Waals surface area contributed by atoms with Gasteiger partial charge in [0.25, 0.3) is 0 Å². The zero-order valence-electron chi connectivity index (χ0n) is 10.5. The number of nitrogen functional groups attached to an aromatic ring is 1. The van der Waals surface area contributed by atoms with Crippen LogP contribution in [0.25, 0.3) is 11.4 Å². The van der Waals surface area contributed by atoms with Gasteiger partial charge in [0, 0.05) is 0 Å². The van der Waals surface area contributed by atoms with Crippen LogP contribution in [0, 0.1) is 11.3 Å². The first-order valence-electron chi connectivity index (χ1n) is 5.45. The Balaban J connectivity index is 2.64. The number of nitriles is 1. The quantitative estimate of drug-likeness (QED) is 0.896. The minimum Gasteiger partial charge on any atom is -0.496 e. The minimum absolute atomic E-state index is 0.125. The molecule has 1 aromatic heterocycles. The van der Waals surface area contributed by atoms with E-state index in [2.05, 4.69) is 9.97 Å². The van der Waals surface area contributed by atoms with Gasteiger partial charge in [-0.2, -0.15) is 5.26 Å². The molecule has 0 aliphatic rings. The summed E-state index contributed by atoms with van der Waals surface area (Å²) < 4.78 is 10.5. The maximum Gasteiger partial charge on any atom is 0.169 e. The van der Waals surface area contributed by atoms with E-state index in [0.29, 0.717) is 22.9 Å². The highest BCUT2D eigenvalue weighted by Gasteiger charge is 2.16. The van der Waals surface area contributed by atoms with Crippen molar-refractivity contribution in [3.05, 3.63) is 30.0 Å². The Kier molecular flexibility index (Phi) is 3.48. The number of hydrogen-bond donors (Lipinski definition) is 1. The zero-order valence-corrected chi connectivity index (χ0v) is 10.5. The van der Waals surface area contributed by atoms with Crippen LogP contribution >= 0.6 is 0 Å². The van der Waals surface area contributed by atoms with E-state index in [1.54, 1.807) is 32.4 Å².